The van der Waals surface area contributed by atoms with E-state index in [0.717, 1.165) is 31.5 Å². The predicted molar refractivity (Wildman–Crippen MR) is 75.1 cm³/mol. The first kappa shape index (κ1) is 15.7. The van der Waals surface area contributed by atoms with Gasteiger partial charge >= 0.3 is 0 Å². The second-order valence-electron chi connectivity index (χ2n) is 5.36. The number of likely N-dealkylation sites (tertiary alicyclic amines) is 1. The fraction of sp³-hybridized carbons (Fsp3) is 0.533. The van der Waals surface area contributed by atoms with Crippen molar-refractivity contribution in [2.75, 3.05) is 20.1 Å². The number of carbonyl (C=O) groups excluding carboxylic acids is 1. The number of hydrogen-bond donors (Lipinski definition) is 1. The summed E-state index contributed by atoms with van der Waals surface area (Å²) in [6, 6.07) is 3.56. The molecule has 1 aromatic carbocycles. The summed E-state index contributed by atoms with van der Waals surface area (Å²) < 4.78 is 31.2. The molecule has 0 aliphatic carbocycles. The molecule has 0 saturated carbocycles. The number of ether oxygens (including phenoxy) is 1. The van der Waals surface area contributed by atoms with Gasteiger partial charge in [0.15, 0.2) is 17.7 Å². The molecular formula is C15H20F2N2O2. The van der Waals surface area contributed by atoms with Crippen molar-refractivity contribution < 1.29 is 18.3 Å². The number of hydrogen-bond acceptors (Lipinski definition) is 3. The second-order valence-corrected chi connectivity index (χ2v) is 5.36. The Labute approximate surface area is 123 Å². The van der Waals surface area contributed by atoms with Crippen LogP contribution in [0, 0.1) is 11.6 Å². The number of likely N-dealkylation sites (N-methyl/N-ethyl adjacent to an activating group) is 1. The average Bonchev–Trinajstić information content (AvgIpc) is 2.85. The van der Waals surface area contributed by atoms with Gasteiger partial charge in [0, 0.05) is 18.7 Å². The maximum atomic E-state index is 13.1. The Hall–Kier alpha value is -1.69. The van der Waals surface area contributed by atoms with Crippen molar-refractivity contribution in [2.24, 2.45) is 0 Å². The van der Waals surface area contributed by atoms with Crippen LogP contribution in [-0.2, 0) is 4.79 Å². The zero-order chi connectivity index (χ0) is 15.4. The SMILES string of the molecule is C[C@@H](Oc1ccc(F)c(F)c1)C(=O)NC[C@@H]1CCCN1C. The number of halogens is 2. The summed E-state index contributed by atoms with van der Waals surface area (Å²) in [5.74, 6) is -2.06. The fourth-order valence-electron chi connectivity index (χ4n) is 2.41. The smallest absolute Gasteiger partial charge is 0.260 e. The van der Waals surface area contributed by atoms with Crippen LogP contribution in [0.5, 0.6) is 5.75 Å². The van der Waals surface area contributed by atoms with Crippen LogP contribution in [0.15, 0.2) is 18.2 Å². The molecule has 21 heavy (non-hydrogen) atoms. The van der Waals surface area contributed by atoms with E-state index >= 15 is 0 Å². The van der Waals surface area contributed by atoms with Gasteiger partial charge in [-0.1, -0.05) is 0 Å². The lowest BCUT2D eigenvalue weighted by molar-refractivity contribution is -0.127. The summed E-state index contributed by atoms with van der Waals surface area (Å²) in [6.07, 6.45) is 1.44. The first-order chi connectivity index (χ1) is 9.97. The van der Waals surface area contributed by atoms with Gasteiger partial charge in [0.2, 0.25) is 0 Å². The number of nitrogens with one attached hydrogen (secondary N) is 1. The zero-order valence-electron chi connectivity index (χ0n) is 12.2. The molecule has 1 N–H and O–H groups in total. The van der Waals surface area contributed by atoms with E-state index in [0.29, 0.717) is 12.6 Å². The predicted octanol–water partition coefficient (Wildman–Crippen LogP) is 1.94. The van der Waals surface area contributed by atoms with Crippen LogP contribution >= 0.6 is 0 Å². The van der Waals surface area contributed by atoms with Gasteiger partial charge in [-0.05, 0) is 45.5 Å². The molecule has 1 heterocycles. The van der Waals surface area contributed by atoms with Crippen molar-refractivity contribution in [2.45, 2.75) is 31.9 Å². The Kier molecular flexibility index (Phi) is 5.12. The summed E-state index contributed by atoms with van der Waals surface area (Å²) in [4.78, 5) is 14.1. The van der Waals surface area contributed by atoms with E-state index in [1.807, 2.05) is 7.05 Å². The number of amides is 1. The van der Waals surface area contributed by atoms with Gasteiger partial charge < -0.3 is 15.0 Å². The molecule has 0 bridgehead atoms. The molecule has 6 heteroatoms. The van der Waals surface area contributed by atoms with Crippen LogP contribution in [-0.4, -0.2) is 43.1 Å². The van der Waals surface area contributed by atoms with Gasteiger partial charge in [0.25, 0.3) is 5.91 Å². The largest absolute Gasteiger partial charge is 0.481 e. The normalized spacial score (nSPS) is 20.3. The van der Waals surface area contributed by atoms with Crippen LogP contribution in [0.2, 0.25) is 0 Å². The molecule has 4 nitrogen and oxygen atoms in total. The minimum atomic E-state index is -0.993. The summed E-state index contributed by atoms with van der Waals surface area (Å²) in [7, 11) is 2.03. The quantitative estimate of drug-likeness (QED) is 0.903. The van der Waals surface area contributed by atoms with E-state index < -0.39 is 17.7 Å². The van der Waals surface area contributed by atoms with Crippen molar-refractivity contribution in [3.8, 4) is 5.75 Å². The van der Waals surface area contributed by atoms with E-state index in [1.54, 1.807) is 6.92 Å². The molecule has 1 fully saturated rings. The third kappa shape index (κ3) is 4.14. The average molecular weight is 298 g/mol. The van der Waals surface area contributed by atoms with Gasteiger partial charge in [-0.3, -0.25) is 4.79 Å². The van der Waals surface area contributed by atoms with Crippen molar-refractivity contribution in [3.63, 3.8) is 0 Å². The Morgan fingerprint density at radius 3 is 2.86 bits per heavy atom. The van der Waals surface area contributed by atoms with E-state index in [2.05, 4.69) is 10.2 Å². The van der Waals surface area contributed by atoms with Crippen LogP contribution in [0.3, 0.4) is 0 Å². The van der Waals surface area contributed by atoms with E-state index in [9.17, 15) is 13.6 Å². The highest BCUT2D eigenvalue weighted by molar-refractivity contribution is 5.80. The van der Waals surface area contributed by atoms with Crippen molar-refractivity contribution in [3.05, 3.63) is 29.8 Å². The second kappa shape index (κ2) is 6.85. The number of benzene rings is 1. The molecule has 0 radical (unpaired) electrons. The summed E-state index contributed by atoms with van der Waals surface area (Å²) in [5, 5.41) is 2.83. The lowest BCUT2D eigenvalue weighted by Gasteiger charge is -2.21. The summed E-state index contributed by atoms with van der Waals surface area (Å²) in [5.41, 5.74) is 0. The van der Waals surface area contributed by atoms with Crippen molar-refractivity contribution in [1.29, 1.82) is 0 Å². The van der Waals surface area contributed by atoms with Crippen LogP contribution in [0.25, 0.3) is 0 Å². The molecule has 1 saturated heterocycles. The zero-order valence-corrected chi connectivity index (χ0v) is 12.2. The summed E-state index contributed by atoms with van der Waals surface area (Å²) >= 11 is 0. The molecular weight excluding hydrogens is 278 g/mol. The minimum absolute atomic E-state index is 0.134. The highest BCUT2D eigenvalue weighted by Gasteiger charge is 2.23. The monoisotopic (exact) mass is 298 g/mol. The number of rotatable bonds is 5. The fourth-order valence-corrected chi connectivity index (χ4v) is 2.41. The van der Waals surface area contributed by atoms with E-state index in [-0.39, 0.29) is 11.7 Å². The Balaban J connectivity index is 1.83. The van der Waals surface area contributed by atoms with Gasteiger partial charge in [0.05, 0.1) is 0 Å². The van der Waals surface area contributed by atoms with Crippen LogP contribution in [0.4, 0.5) is 8.78 Å². The molecule has 1 aromatic rings. The highest BCUT2D eigenvalue weighted by atomic mass is 19.2. The summed E-state index contributed by atoms with van der Waals surface area (Å²) in [6.45, 7) is 3.19. The van der Waals surface area contributed by atoms with Gasteiger partial charge in [-0.2, -0.15) is 0 Å². The van der Waals surface area contributed by atoms with Crippen LogP contribution < -0.4 is 10.1 Å². The third-order valence-electron chi connectivity index (χ3n) is 3.76. The molecule has 0 unspecified atom stereocenters. The number of nitrogens with zero attached hydrogens (tertiary/aromatic N) is 1. The molecule has 2 rings (SSSR count). The van der Waals surface area contributed by atoms with Gasteiger partial charge in [-0.15, -0.1) is 0 Å². The molecule has 1 aliphatic heterocycles. The first-order valence-corrected chi connectivity index (χ1v) is 7.07. The maximum absolute atomic E-state index is 13.1. The molecule has 0 aromatic heterocycles. The molecule has 2 atom stereocenters. The topological polar surface area (TPSA) is 41.6 Å². The lowest BCUT2D eigenvalue weighted by Crippen LogP contribution is -2.43. The van der Waals surface area contributed by atoms with Gasteiger partial charge in [0.1, 0.15) is 5.75 Å². The van der Waals surface area contributed by atoms with E-state index in [4.69, 9.17) is 4.74 Å². The van der Waals surface area contributed by atoms with E-state index in [1.165, 1.54) is 6.07 Å². The number of carbonyl (C=O) groups is 1. The molecule has 116 valence electrons. The van der Waals surface area contributed by atoms with Crippen LogP contribution in [0.1, 0.15) is 19.8 Å². The first-order valence-electron chi connectivity index (χ1n) is 7.07. The maximum Gasteiger partial charge on any atom is 0.260 e. The molecule has 1 amide bonds. The van der Waals surface area contributed by atoms with Crippen molar-refractivity contribution in [1.82, 2.24) is 10.2 Å². The Morgan fingerprint density at radius 2 is 2.24 bits per heavy atom. The van der Waals surface area contributed by atoms with Crippen molar-refractivity contribution >= 4 is 5.91 Å². The molecule has 0 spiro atoms. The third-order valence-corrected chi connectivity index (χ3v) is 3.76. The standard InChI is InChI=1S/C15H20F2N2O2/c1-10(21-12-5-6-13(16)14(17)8-12)15(20)18-9-11-4-3-7-19(11)2/h5-6,8,10-11H,3-4,7,9H2,1-2H3,(H,18,20)/t10-,11+/m1/s1. The Morgan fingerprint density at radius 1 is 1.48 bits per heavy atom. The Bertz CT molecular complexity index is 510. The lowest BCUT2D eigenvalue weighted by atomic mass is 10.2. The molecule has 1 aliphatic rings. The highest BCUT2D eigenvalue weighted by Crippen LogP contribution is 2.17. The van der Waals surface area contributed by atoms with Gasteiger partial charge in [-0.25, -0.2) is 8.78 Å². The minimum Gasteiger partial charge on any atom is -0.481 e.